The number of aliphatic hydroxyl groups excluding tert-OH is 2. The molecular formula is C25H26ClN3O4S. The Bertz CT molecular complexity index is 1130. The molecule has 2 amide bonds. The molecule has 1 aliphatic rings. The van der Waals surface area contributed by atoms with Crippen LogP contribution < -0.4 is 10.2 Å². The summed E-state index contributed by atoms with van der Waals surface area (Å²) in [5.74, 6) is -1.45. The van der Waals surface area contributed by atoms with E-state index in [9.17, 15) is 19.8 Å². The minimum atomic E-state index is -1.84. The van der Waals surface area contributed by atoms with Gasteiger partial charge in [0.15, 0.2) is 12.2 Å². The van der Waals surface area contributed by atoms with Gasteiger partial charge in [0.2, 0.25) is 0 Å². The van der Waals surface area contributed by atoms with Crippen molar-refractivity contribution >= 4 is 40.4 Å². The van der Waals surface area contributed by atoms with Crippen LogP contribution in [0.2, 0.25) is 5.02 Å². The molecule has 34 heavy (non-hydrogen) atoms. The number of rotatable bonds is 7. The lowest BCUT2D eigenvalue weighted by atomic mass is 10.1. The van der Waals surface area contributed by atoms with Gasteiger partial charge in [0.25, 0.3) is 11.8 Å². The molecule has 7 nitrogen and oxygen atoms in total. The monoisotopic (exact) mass is 499 g/mol. The van der Waals surface area contributed by atoms with Crippen molar-refractivity contribution < 1.29 is 19.8 Å². The van der Waals surface area contributed by atoms with Crippen molar-refractivity contribution in [2.75, 3.05) is 31.1 Å². The third-order valence-electron chi connectivity index (χ3n) is 5.80. The smallest absolute Gasteiger partial charge is 0.254 e. The molecule has 0 unspecified atom stereocenters. The predicted molar refractivity (Wildman–Crippen MR) is 134 cm³/mol. The van der Waals surface area contributed by atoms with Crippen molar-refractivity contribution in [3.05, 3.63) is 75.9 Å². The molecule has 4 rings (SSSR count). The number of aliphatic hydroxyl groups is 2. The minimum absolute atomic E-state index is 0.199. The zero-order valence-corrected chi connectivity index (χ0v) is 20.0. The molecule has 2 heterocycles. The van der Waals surface area contributed by atoms with Crippen LogP contribution in [0.3, 0.4) is 0 Å². The average Bonchev–Trinajstić information content (AvgIpc) is 3.36. The molecule has 0 aliphatic carbocycles. The fraction of sp³-hybridized carbons (Fsp3) is 0.280. The van der Waals surface area contributed by atoms with Gasteiger partial charge < -0.3 is 25.3 Å². The van der Waals surface area contributed by atoms with E-state index in [1.54, 1.807) is 0 Å². The number of benzene rings is 2. The molecule has 2 aromatic carbocycles. The van der Waals surface area contributed by atoms with Crippen LogP contribution in [-0.2, 0) is 16.1 Å². The minimum Gasteiger partial charge on any atom is -0.380 e. The van der Waals surface area contributed by atoms with Crippen LogP contribution in [-0.4, -0.2) is 65.3 Å². The summed E-state index contributed by atoms with van der Waals surface area (Å²) >= 11 is 7.74. The van der Waals surface area contributed by atoms with Crippen LogP contribution in [0.4, 0.5) is 5.69 Å². The number of carbonyl (C=O) groups excluding carboxylic acids is 2. The van der Waals surface area contributed by atoms with Crippen LogP contribution in [0.5, 0.6) is 0 Å². The quantitative estimate of drug-likeness (QED) is 0.465. The summed E-state index contributed by atoms with van der Waals surface area (Å²) in [4.78, 5) is 29.5. The Kier molecular flexibility index (Phi) is 7.84. The first-order valence-corrected chi connectivity index (χ1v) is 12.2. The van der Waals surface area contributed by atoms with Crippen LogP contribution in [0.15, 0.2) is 66.0 Å². The summed E-state index contributed by atoms with van der Waals surface area (Å²) in [7, 11) is 0. The van der Waals surface area contributed by atoms with Crippen molar-refractivity contribution in [3.63, 3.8) is 0 Å². The Morgan fingerprint density at radius 1 is 0.941 bits per heavy atom. The molecule has 2 atom stereocenters. The number of hydrogen-bond acceptors (Lipinski definition) is 6. The Morgan fingerprint density at radius 2 is 1.62 bits per heavy atom. The maximum absolute atomic E-state index is 12.7. The zero-order chi connectivity index (χ0) is 24.1. The molecule has 3 N–H and O–H groups in total. The fourth-order valence-corrected chi connectivity index (χ4v) is 4.96. The van der Waals surface area contributed by atoms with Crippen molar-refractivity contribution in [2.45, 2.75) is 18.8 Å². The third-order valence-corrected chi connectivity index (χ3v) is 7.06. The number of hydrogen-bond donors (Lipinski definition) is 3. The van der Waals surface area contributed by atoms with E-state index in [2.05, 4.69) is 10.2 Å². The summed E-state index contributed by atoms with van der Waals surface area (Å²) in [5, 5.41) is 25.9. The summed E-state index contributed by atoms with van der Waals surface area (Å²) < 4.78 is 0. The van der Waals surface area contributed by atoms with Crippen molar-refractivity contribution in [2.24, 2.45) is 0 Å². The van der Waals surface area contributed by atoms with Crippen LogP contribution in [0, 0.1) is 0 Å². The lowest BCUT2D eigenvalue weighted by Crippen LogP contribution is -2.55. The molecule has 0 bridgehead atoms. The van der Waals surface area contributed by atoms with E-state index in [0.717, 1.165) is 21.7 Å². The van der Waals surface area contributed by atoms with Gasteiger partial charge in [-0.1, -0.05) is 54.1 Å². The molecule has 1 aromatic heterocycles. The molecule has 0 saturated carbocycles. The second kappa shape index (κ2) is 11.0. The SMILES string of the molecule is O=C(NCc1cc(-c2ccccc2)cs1)[C@H](O)[C@@H](O)C(=O)N1CCN(c2ccccc2Cl)CC1. The first-order chi connectivity index (χ1) is 16.4. The standard InChI is InChI=1S/C25H26ClN3O4S/c26-20-8-4-5-9-21(20)28-10-12-29(13-11-28)25(33)23(31)22(30)24(32)27-15-19-14-18(16-34-19)17-6-2-1-3-7-17/h1-9,14,16,22-23,30-31H,10-13,15H2,(H,27,32)/t22-,23-/m1/s1. The molecular weight excluding hydrogens is 474 g/mol. The predicted octanol–water partition coefficient (Wildman–Crippen LogP) is 2.76. The normalized spacial score (nSPS) is 15.6. The highest BCUT2D eigenvalue weighted by atomic mass is 35.5. The van der Waals surface area contributed by atoms with Gasteiger partial charge in [-0.2, -0.15) is 0 Å². The number of anilines is 1. The lowest BCUT2D eigenvalue weighted by molar-refractivity contribution is -0.153. The first kappa shape index (κ1) is 24.2. The molecule has 3 aromatic rings. The van der Waals surface area contributed by atoms with E-state index in [0.29, 0.717) is 31.2 Å². The Balaban J connectivity index is 1.27. The molecule has 9 heteroatoms. The second-order valence-corrected chi connectivity index (χ2v) is 9.44. The van der Waals surface area contributed by atoms with E-state index in [1.807, 2.05) is 66.0 Å². The number of para-hydroxylation sites is 1. The highest BCUT2D eigenvalue weighted by Gasteiger charge is 2.34. The average molecular weight is 500 g/mol. The van der Waals surface area contributed by atoms with Crippen LogP contribution in [0.25, 0.3) is 11.1 Å². The van der Waals surface area contributed by atoms with E-state index in [1.165, 1.54) is 16.2 Å². The number of piperazine rings is 1. The second-order valence-electron chi connectivity index (χ2n) is 8.04. The number of nitrogens with one attached hydrogen (secondary N) is 1. The van der Waals surface area contributed by atoms with Crippen molar-refractivity contribution in [3.8, 4) is 11.1 Å². The number of halogens is 1. The topological polar surface area (TPSA) is 93.1 Å². The Labute approximate surface area is 207 Å². The van der Waals surface area contributed by atoms with E-state index in [-0.39, 0.29) is 6.54 Å². The largest absolute Gasteiger partial charge is 0.380 e. The first-order valence-electron chi connectivity index (χ1n) is 11.0. The van der Waals surface area contributed by atoms with Crippen molar-refractivity contribution in [1.82, 2.24) is 10.2 Å². The highest BCUT2D eigenvalue weighted by Crippen LogP contribution is 2.27. The number of nitrogens with zero attached hydrogens (tertiary/aromatic N) is 2. The molecule has 0 spiro atoms. The zero-order valence-electron chi connectivity index (χ0n) is 18.4. The van der Waals surface area contributed by atoms with E-state index in [4.69, 9.17) is 11.6 Å². The number of carbonyl (C=O) groups is 2. The summed E-state index contributed by atoms with van der Waals surface area (Å²) in [6, 6.07) is 19.3. The molecule has 1 aliphatic heterocycles. The maximum Gasteiger partial charge on any atom is 0.254 e. The molecule has 178 valence electrons. The fourth-order valence-electron chi connectivity index (χ4n) is 3.88. The number of amides is 2. The lowest BCUT2D eigenvalue weighted by Gasteiger charge is -2.37. The molecule has 1 fully saturated rings. The number of thiophene rings is 1. The van der Waals surface area contributed by atoms with Gasteiger partial charge in [0.1, 0.15) is 0 Å². The van der Waals surface area contributed by atoms with Gasteiger partial charge in [-0.15, -0.1) is 11.3 Å². The van der Waals surface area contributed by atoms with E-state index >= 15 is 0 Å². The van der Waals surface area contributed by atoms with Crippen LogP contribution >= 0.6 is 22.9 Å². The van der Waals surface area contributed by atoms with Gasteiger partial charge in [0, 0.05) is 31.1 Å². The molecule has 0 radical (unpaired) electrons. The van der Waals surface area contributed by atoms with Crippen molar-refractivity contribution in [1.29, 1.82) is 0 Å². The van der Waals surface area contributed by atoms with Gasteiger partial charge in [-0.25, -0.2) is 0 Å². The molecule has 1 saturated heterocycles. The summed E-state index contributed by atoms with van der Waals surface area (Å²) in [6.45, 7) is 1.98. The van der Waals surface area contributed by atoms with Gasteiger partial charge in [-0.05, 0) is 34.7 Å². The third kappa shape index (κ3) is 5.59. The summed E-state index contributed by atoms with van der Waals surface area (Å²) in [6.07, 6.45) is -3.67. The Hall–Kier alpha value is -2.91. The van der Waals surface area contributed by atoms with Gasteiger partial charge in [-0.3, -0.25) is 9.59 Å². The van der Waals surface area contributed by atoms with Gasteiger partial charge in [0.05, 0.1) is 17.3 Å². The van der Waals surface area contributed by atoms with Gasteiger partial charge >= 0.3 is 0 Å². The highest BCUT2D eigenvalue weighted by molar-refractivity contribution is 7.10. The maximum atomic E-state index is 12.7. The van der Waals surface area contributed by atoms with Crippen LogP contribution in [0.1, 0.15) is 4.88 Å². The van der Waals surface area contributed by atoms with E-state index < -0.39 is 24.0 Å². The Morgan fingerprint density at radius 3 is 2.32 bits per heavy atom. The summed E-state index contributed by atoms with van der Waals surface area (Å²) in [5.41, 5.74) is 3.01.